The minimum atomic E-state index is -0.574. The topological polar surface area (TPSA) is 122 Å². The van der Waals surface area contributed by atoms with Gasteiger partial charge in [0, 0.05) is 25.1 Å². The molecule has 0 radical (unpaired) electrons. The number of azo groups is 1. The van der Waals surface area contributed by atoms with Crippen molar-refractivity contribution in [3.63, 3.8) is 0 Å². The minimum Gasteiger partial charge on any atom is -0.493 e. The highest BCUT2D eigenvalue weighted by molar-refractivity contribution is 5.98. The van der Waals surface area contributed by atoms with Crippen molar-refractivity contribution in [2.45, 2.75) is 169 Å². The molecule has 2 rings (SSSR count). The average Bonchev–Trinajstić information content (AvgIpc) is 3.16. The van der Waals surface area contributed by atoms with Crippen LogP contribution >= 0.6 is 0 Å². The summed E-state index contributed by atoms with van der Waals surface area (Å²) in [6, 6.07) is 6.84. The number of nitrogens with one attached hydrogen (secondary N) is 1. The van der Waals surface area contributed by atoms with Gasteiger partial charge in [0.25, 0.3) is 11.5 Å². The normalized spacial score (nSPS) is 11.8. The van der Waals surface area contributed by atoms with E-state index in [0.717, 1.165) is 49.5 Å². The fourth-order valence-electron chi connectivity index (χ4n) is 6.56. The number of unbranched alkanes of at least 4 members (excludes halogenated alkanes) is 15. The van der Waals surface area contributed by atoms with Gasteiger partial charge in [-0.25, -0.2) is 0 Å². The Labute approximate surface area is 319 Å². The number of amides is 1. The number of rotatable bonds is 29. The molecule has 1 aromatic carbocycles. The Balaban J connectivity index is 1.82. The zero-order valence-electron chi connectivity index (χ0n) is 33.4. The second kappa shape index (κ2) is 27.6. The lowest BCUT2D eigenvalue weighted by Gasteiger charge is -2.15. The molecule has 2 N–H and O–H groups in total. The summed E-state index contributed by atoms with van der Waals surface area (Å²) < 4.78 is 6.56. The molecule has 0 saturated carbocycles. The maximum Gasteiger partial charge on any atom is 0.305 e. The van der Waals surface area contributed by atoms with Crippen LogP contribution in [-0.4, -0.2) is 34.7 Å². The molecular formula is C44H68N4O5. The Morgan fingerprint density at radius 1 is 0.849 bits per heavy atom. The van der Waals surface area contributed by atoms with Crippen molar-refractivity contribution in [1.29, 1.82) is 0 Å². The number of carbonyl (C=O) groups excluding carboxylic acids is 2. The van der Waals surface area contributed by atoms with Crippen molar-refractivity contribution in [2.75, 3.05) is 13.2 Å². The summed E-state index contributed by atoms with van der Waals surface area (Å²) in [4.78, 5) is 38.9. The predicted molar refractivity (Wildman–Crippen MR) is 216 cm³/mol. The fraction of sp³-hybridized carbons (Fsp3) is 0.659. The van der Waals surface area contributed by atoms with Gasteiger partial charge >= 0.3 is 5.97 Å². The molecule has 9 heteroatoms. The van der Waals surface area contributed by atoms with E-state index in [2.05, 4.69) is 42.2 Å². The monoisotopic (exact) mass is 733 g/mol. The fourth-order valence-corrected chi connectivity index (χ4v) is 6.56. The molecule has 1 unspecified atom stereocenters. The first-order chi connectivity index (χ1) is 25.8. The number of ether oxygens (including phenoxy) is 1. The number of hydrogen-bond donors (Lipinski definition) is 2. The van der Waals surface area contributed by atoms with Crippen LogP contribution < -0.4 is 10.9 Å². The summed E-state index contributed by atoms with van der Waals surface area (Å²) in [5, 5.41) is 22.4. The van der Waals surface area contributed by atoms with E-state index in [4.69, 9.17) is 11.2 Å². The molecular weight excluding hydrogens is 665 g/mol. The van der Waals surface area contributed by atoms with E-state index in [9.17, 15) is 19.5 Å². The Morgan fingerprint density at radius 2 is 1.43 bits per heavy atom. The number of esters is 1. The number of benzene rings is 1. The lowest BCUT2D eigenvalue weighted by molar-refractivity contribution is -0.143. The van der Waals surface area contributed by atoms with Gasteiger partial charge in [-0.1, -0.05) is 148 Å². The van der Waals surface area contributed by atoms with E-state index in [-0.39, 0.29) is 42.2 Å². The van der Waals surface area contributed by atoms with Gasteiger partial charge in [0.15, 0.2) is 5.69 Å². The van der Waals surface area contributed by atoms with Crippen molar-refractivity contribution in [1.82, 2.24) is 9.88 Å². The molecule has 0 saturated heterocycles. The highest BCUT2D eigenvalue weighted by atomic mass is 16.5. The van der Waals surface area contributed by atoms with Crippen molar-refractivity contribution < 1.29 is 19.4 Å². The number of pyridine rings is 1. The number of aromatic hydroxyl groups is 1. The largest absolute Gasteiger partial charge is 0.493 e. The van der Waals surface area contributed by atoms with Gasteiger partial charge < -0.3 is 15.2 Å². The van der Waals surface area contributed by atoms with Gasteiger partial charge in [-0.2, -0.15) is 0 Å². The Hall–Kier alpha value is -3.93. The quantitative estimate of drug-likeness (QED) is 0.0373. The van der Waals surface area contributed by atoms with Crippen LogP contribution in [0.4, 0.5) is 11.4 Å². The summed E-state index contributed by atoms with van der Waals surface area (Å²) >= 11 is 0. The lowest BCUT2D eigenvalue weighted by Crippen LogP contribution is -2.29. The zero-order valence-corrected chi connectivity index (χ0v) is 33.4. The summed E-state index contributed by atoms with van der Waals surface area (Å²) in [5.41, 5.74) is 0.508. The minimum absolute atomic E-state index is 0.0262. The number of hydrogen-bond acceptors (Lipinski definition) is 7. The molecule has 0 aliphatic heterocycles. The Kier molecular flexibility index (Phi) is 23.6. The second-order valence-corrected chi connectivity index (χ2v) is 14.4. The predicted octanol–water partition coefficient (Wildman–Crippen LogP) is 11.4. The van der Waals surface area contributed by atoms with Crippen LogP contribution in [0.5, 0.6) is 5.88 Å². The van der Waals surface area contributed by atoms with Gasteiger partial charge in [-0.05, 0) is 44.2 Å². The molecule has 0 aliphatic rings. The number of carbonyl (C=O) groups is 2. The highest BCUT2D eigenvalue weighted by Gasteiger charge is 2.19. The van der Waals surface area contributed by atoms with E-state index in [1.54, 1.807) is 31.2 Å². The third-order valence-electron chi connectivity index (χ3n) is 10.1. The van der Waals surface area contributed by atoms with Crippen LogP contribution in [0, 0.1) is 25.2 Å². The molecule has 53 heavy (non-hydrogen) atoms. The van der Waals surface area contributed by atoms with Crippen molar-refractivity contribution in [3.05, 3.63) is 51.3 Å². The number of aromatic nitrogens is 1. The van der Waals surface area contributed by atoms with Gasteiger partial charge in [0.05, 0.1) is 23.4 Å². The van der Waals surface area contributed by atoms with Crippen molar-refractivity contribution in [2.24, 2.45) is 16.1 Å². The van der Waals surface area contributed by atoms with E-state index in [1.165, 1.54) is 77.0 Å². The SMILES string of the molecule is C#Cc1c(C)c(N=Nc2ccccc2C(=O)NCC(CC)CCCC)c(=O)n(CCCOC(=O)CCCCCCCCCCCCCCCCC)c1O. The molecule has 0 fully saturated rings. The molecule has 0 aliphatic carbocycles. The molecule has 1 amide bonds. The van der Waals surface area contributed by atoms with Gasteiger partial charge in [0.2, 0.25) is 5.88 Å². The van der Waals surface area contributed by atoms with Crippen molar-refractivity contribution in [3.8, 4) is 18.2 Å². The van der Waals surface area contributed by atoms with Gasteiger partial charge in [-0.15, -0.1) is 16.7 Å². The maximum atomic E-state index is 13.5. The first-order valence-electron chi connectivity index (χ1n) is 20.7. The standard InChI is InChI=1S/C44H68N4O5/c1-6-10-12-13-14-15-16-17-18-19-20-21-22-23-24-31-40(49)53-33-27-32-48-43(51)37(9-4)35(5)41(44(48)52)47-46-39-30-26-25-29-38(39)42(50)45-34-36(8-3)28-11-7-2/h4,25-26,29-30,36,51H,6-8,10-24,27-28,31-34H2,1-3,5H3,(H,45,50). The summed E-state index contributed by atoms with van der Waals surface area (Å²) in [7, 11) is 0. The first-order valence-corrected chi connectivity index (χ1v) is 20.7. The van der Waals surface area contributed by atoms with Crippen LogP contribution in [0.1, 0.15) is 177 Å². The van der Waals surface area contributed by atoms with Crippen LogP contribution in [0.15, 0.2) is 39.3 Å². The third-order valence-corrected chi connectivity index (χ3v) is 10.1. The number of terminal acetylenes is 1. The molecule has 1 atom stereocenters. The first kappa shape index (κ1) is 45.2. The van der Waals surface area contributed by atoms with Crippen LogP contribution in [0.2, 0.25) is 0 Å². The van der Waals surface area contributed by atoms with E-state index in [1.807, 2.05) is 0 Å². The summed E-state index contributed by atoms with van der Waals surface area (Å²) in [6.45, 7) is 8.90. The summed E-state index contributed by atoms with van der Waals surface area (Å²) in [6.07, 6.45) is 29.7. The molecule has 2 aromatic rings. The van der Waals surface area contributed by atoms with Gasteiger partial charge in [-0.3, -0.25) is 19.0 Å². The highest BCUT2D eigenvalue weighted by Crippen LogP contribution is 2.28. The molecule has 0 spiro atoms. The molecule has 0 bridgehead atoms. The van der Waals surface area contributed by atoms with Gasteiger partial charge in [0.1, 0.15) is 0 Å². The molecule has 1 heterocycles. The lowest BCUT2D eigenvalue weighted by atomic mass is 9.99. The van der Waals surface area contributed by atoms with Crippen LogP contribution in [-0.2, 0) is 16.1 Å². The van der Waals surface area contributed by atoms with E-state index in [0.29, 0.717) is 42.1 Å². The Morgan fingerprint density at radius 3 is 2.02 bits per heavy atom. The molecule has 294 valence electrons. The average molecular weight is 733 g/mol. The zero-order chi connectivity index (χ0) is 38.7. The molecule has 9 nitrogen and oxygen atoms in total. The summed E-state index contributed by atoms with van der Waals surface area (Å²) in [5.74, 6) is 2.00. The van der Waals surface area contributed by atoms with E-state index >= 15 is 0 Å². The van der Waals surface area contributed by atoms with Crippen LogP contribution in [0.3, 0.4) is 0 Å². The van der Waals surface area contributed by atoms with Crippen LogP contribution in [0.25, 0.3) is 0 Å². The molecule has 1 aromatic heterocycles. The number of nitrogens with zero attached hydrogens (tertiary/aromatic N) is 3. The Bertz CT molecular complexity index is 1490. The van der Waals surface area contributed by atoms with Crippen molar-refractivity contribution >= 4 is 23.3 Å². The third kappa shape index (κ3) is 17.2. The maximum absolute atomic E-state index is 13.5. The van der Waals surface area contributed by atoms with E-state index < -0.39 is 5.56 Å². The smallest absolute Gasteiger partial charge is 0.305 e. The second-order valence-electron chi connectivity index (χ2n) is 14.4.